The van der Waals surface area contributed by atoms with Gasteiger partial charge in [-0.1, -0.05) is 53.5 Å². The molecule has 0 aromatic heterocycles. The predicted molar refractivity (Wildman–Crippen MR) is 220 cm³/mol. The highest BCUT2D eigenvalue weighted by atomic mass is 35.5. The zero-order valence-electron chi connectivity index (χ0n) is 34.6. The Kier molecular flexibility index (Phi) is 14.5. The number of alkyl halides is 6. The van der Waals surface area contributed by atoms with E-state index in [0.717, 1.165) is 5.56 Å². The number of hydrogen-bond acceptors (Lipinski definition) is 6. The van der Waals surface area contributed by atoms with Crippen LogP contribution >= 0.6 is 23.2 Å². The van der Waals surface area contributed by atoms with Gasteiger partial charge in [0.15, 0.2) is 0 Å². The van der Waals surface area contributed by atoms with E-state index >= 15 is 0 Å². The standard InChI is InChI=1S/C44H50Cl2F6N4O6/c1-28(2)56(40(59)60)15-6-14-53(3)38(57)26-61-37-23-29-7-4-5-8-34(29)41(37)11-16-54(17-12-41)18-13-42(31-9-10-35(45)36(46)25-31)27-55(19-20-62-42)39(58)30-21-32(43(47,48)49)24-33(22-30)44(50,51)52/h4-5,7-10,21-22,24-25,28,37H,6,11-20,23,26-27H2,1-3H3,(H,59,60)/t37-,42-/m0/s1. The lowest BCUT2D eigenvalue weighted by molar-refractivity contribution is -0.143. The Morgan fingerprint density at radius 2 is 1.58 bits per heavy atom. The highest BCUT2D eigenvalue weighted by molar-refractivity contribution is 6.42. The van der Waals surface area contributed by atoms with Crippen molar-refractivity contribution in [2.45, 2.75) is 81.5 Å². The number of carbonyl (C=O) groups is 3. The molecule has 3 aromatic rings. The topological polar surface area (TPSA) is 103 Å². The first-order valence-electron chi connectivity index (χ1n) is 20.5. The number of carbonyl (C=O) groups excluding carboxylic acids is 2. The zero-order chi connectivity index (χ0) is 45.2. The number of amides is 3. The number of rotatable bonds is 13. The fourth-order valence-corrected chi connectivity index (χ4v) is 9.30. The Hall–Kier alpha value is -4.09. The summed E-state index contributed by atoms with van der Waals surface area (Å²) in [6, 6.07) is 13.7. The summed E-state index contributed by atoms with van der Waals surface area (Å²) in [6.07, 6.45) is -8.75. The third kappa shape index (κ3) is 10.5. The fraction of sp³-hybridized carbons (Fsp3) is 0.523. The summed E-state index contributed by atoms with van der Waals surface area (Å²) in [5.74, 6) is -1.21. The number of hydrogen-bond donors (Lipinski definition) is 1. The lowest BCUT2D eigenvalue weighted by Gasteiger charge is -2.46. The first kappa shape index (κ1) is 47.4. The van der Waals surface area contributed by atoms with Gasteiger partial charge in [-0.2, -0.15) is 26.3 Å². The molecule has 2 saturated heterocycles. The smallest absolute Gasteiger partial charge is 0.416 e. The number of benzene rings is 3. The van der Waals surface area contributed by atoms with Crippen LogP contribution in [0.1, 0.15) is 77.7 Å². The van der Waals surface area contributed by atoms with Crippen LogP contribution < -0.4 is 0 Å². The van der Waals surface area contributed by atoms with E-state index in [-0.39, 0.29) is 72.3 Å². The molecule has 338 valence electrons. The second-order valence-corrected chi connectivity index (χ2v) is 17.5. The van der Waals surface area contributed by atoms with Crippen molar-refractivity contribution in [3.8, 4) is 0 Å². The molecular formula is C44H50Cl2F6N4O6. The summed E-state index contributed by atoms with van der Waals surface area (Å²) < 4.78 is 95.3. The lowest BCUT2D eigenvalue weighted by atomic mass is 9.72. The predicted octanol–water partition coefficient (Wildman–Crippen LogP) is 9.00. The summed E-state index contributed by atoms with van der Waals surface area (Å²) in [4.78, 5) is 45.0. The van der Waals surface area contributed by atoms with Crippen molar-refractivity contribution in [1.29, 1.82) is 0 Å². The van der Waals surface area contributed by atoms with Crippen molar-refractivity contribution in [1.82, 2.24) is 19.6 Å². The molecule has 62 heavy (non-hydrogen) atoms. The highest BCUT2D eigenvalue weighted by Crippen LogP contribution is 2.48. The molecular weight excluding hydrogens is 865 g/mol. The molecule has 3 amide bonds. The van der Waals surface area contributed by atoms with Crippen molar-refractivity contribution in [3.63, 3.8) is 0 Å². The van der Waals surface area contributed by atoms with Crippen LogP contribution in [0.4, 0.5) is 31.1 Å². The van der Waals surface area contributed by atoms with E-state index in [9.17, 15) is 45.8 Å². The van der Waals surface area contributed by atoms with Crippen LogP contribution in [0.25, 0.3) is 0 Å². The number of likely N-dealkylation sites (tertiary alicyclic amines) is 1. The van der Waals surface area contributed by atoms with Crippen LogP contribution in [0.3, 0.4) is 0 Å². The molecule has 18 heteroatoms. The van der Waals surface area contributed by atoms with E-state index in [1.54, 1.807) is 44.0 Å². The van der Waals surface area contributed by atoms with Gasteiger partial charge in [0.2, 0.25) is 5.91 Å². The molecule has 0 unspecified atom stereocenters. The van der Waals surface area contributed by atoms with Crippen molar-refractivity contribution < 1.29 is 55.3 Å². The minimum atomic E-state index is -5.12. The normalized spacial score (nSPS) is 20.4. The molecule has 1 N–H and O–H groups in total. The second kappa shape index (κ2) is 18.9. The quantitative estimate of drug-likeness (QED) is 0.171. The molecule has 6 rings (SSSR count). The van der Waals surface area contributed by atoms with E-state index in [4.69, 9.17) is 32.7 Å². The fourth-order valence-electron chi connectivity index (χ4n) is 9.00. The molecule has 10 nitrogen and oxygen atoms in total. The molecule has 3 aliphatic rings. The number of morpholine rings is 1. The minimum absolute atomic E-state index is 0.00857. The second-order valence-electron chi connectivity index (χ2n) is 16.6. The van der Waals surface area contributed by atoms with E-state index in [1.807, 2.05) is 12.1 Å². The molecule has 1 aliphatic carbocycles. The molecule has 0 saturated carbocycles. The lowest BCUT2D eigenvalue weighted by Crippen LogP contribution is -2.54. The summed E-state index contributed by atoms with van der Waals surface area (Å²) in [7, 11) is 1.68. The Morgan fingerprint density at radius 1 is 0.919 bits per heavy atom. The number of halogens is 8. The van der Waals surface area contributed by atoms with Gasteiger partial charge >= 0.3 is 18.4 Å². The van der Waals surface area contributed by atoms with Crippen LogP contribution in [-0.4, -0.2) is 121 Å². The third-order valence-corrected chi connectivity index (χ3v) is 13.2. The van der Waals surface area contributed by atoms with E-state index in [0.29, 0.717) is 76.1 Å². The van der Waals surface area contributed by atoms with Gasteiger partial charge in [0, 0.05) is 50.2 Å². The average molecular weight is 916 g/mol. The van der Waals surface area contributed by atoms with Crippen molar-refractivity contribution in [2.24, 2.45) is 0 Å². The van der Waals surface area contributed by atoms with Gasteiger partial charge in [-0.3, -0.25) is 9.59 Å². The molecule has 0 radical (unpaired) electrons. The number of fused-ring (bicyclic) bond motifs is 2. The SMILES string of the molecule is CC(C)N(CCCN(C)C(=O)CO[C@H]1Cc2ccccc2C12CCN(CC[C@@]1(c3ccc(Cl)c(Cl)c3)CN(C(=O)c3cc(C(F)(F)F)cc(C(F)(F)F)c3)CCO1)CC2)C(=O)O. The van der Waals surface area contributed by atoms with Gasteiger partial charge in [-0.05, 0) is 106 Å². The molecule has 1 spiro atoms. The van der Waals surface area contributed by atoms with Gasteiger partial charge in [-0.15, -0.1) is 0 Å². The molecule has 2 fully saturated rings. The van der Waals surface area contributed by atoms with Crippen molar-refractivity contribution in [3.05, 3.63) is 104 Å². The summed E-state index contributed by atoms with van der Waals surface area (Å²) in [5.41, 5.74) is -2.66. The van der Waals surface area contributed by atoms with E-state index < -0.39 is 46.6 Å². The summed E-state index contributed by atoms with van der Waals surface area (Å²) in [5, 5.41) is 9.92. The van der Waals surface area contributed by atoms with Crippen LogP contribution in [0.5, 0.6) is 0 Å². The van der Waals surface area contributed by atoms with Crippen molar-refractivity contribution in [2.75, 3.05) is 66.1 Å². The molecule has 2 heterocycles. The minimum Gasteiger partial charge on any atom is -0.465 e. The first-order chi connectivity index (χ1) is 29.1. The van der Waals surface area contributed by atoms with Gasteiger partial charge < -0.3 is 34.2 Å². The number of nitrogens with zero attached hydrogens (tertiary/aromatic N) is 4. The number of likely N-dealkylation sites (N-methyl/N-ethyl adjacent to an activating group) is 1. The maximum atomic E-state index is 13.8. The van der Waals surface area contributed by atoms with Gasteiger partial charge in [0.25, 0.3) is 5.91 Å². The van der Waals surface area contributed by atoms with E-state index in [1.165, 1.54) is 15.4 Å². The Labute approximate surface area is 366 Å². The van der Waals surface area contributed by atoms with Crippen LogP contribution in [0.2, 0.25) is 10.0 Å². The van der Waals surface area contributed by atoms with Crippen LogP contribution in [0, 0.1) is 0 Å². The summed E-state index contributed by atoms with van der Waals surface area (Å²) >= 11 is 12.7. The zero-order valence-corrected chi connectivity index (χ0v) is 36.1. The highest BCUT2D eigenvalue weighted by Gasteiger charge is 2.50. The van der Waals surface area contributed by atoms with Gasteiger partial charge in [-0.25, -0.2) is 4.79 Å². The largest absolute Gasteiger partial charge is 0.465 e. The number of carboxylic acid groups (broad SMARTS) is 1. The maximum absolute atomic E-state index is 13.8. The van der Waals surface area contributed by atoms with E-state index in [2.05, 4.69) is 17.0 Å². The Bertz CT molecular complexity index is 2080. The van der Waals surface area contributed by atoms with Crippen molar-refractivity contribution >= 4 is 41.1 Å². The van der Waals surface area contributed by atoms with Crippen LogP contribution in [-0.2, 0) is 44.1 Å². The monoisotopic (exact) mass is 914 g/mol. The molecule has 2 aliphatic heterocycles. The average Bonchev–Trinajstić information content (AvgIpc) is 3.52. The number of piperidine rings is 1. The molecule has 2 atom stereocenters. The third-order valence-electron chi connectivity index (χ3n) is 12.5. The molecule has 3 aromatic carbocycles. The Balaban J connectivity index is 1.16. The van der Waals surface area contributed by atoms with Gasteiger partial charge in [0.05, 0.1) is 40.4 Å². The maximum Gasteiger partial charge on any atom is 0.416 e. The molecule has 0 bridgehead atoms. The summed E-state index contributed by atoms with van der Waals surface area (Å²) in [6.45, 7) is 5.52. The van der Waals surface area contributed by atoms with Gasteiger partial charge in [0.1, 0.15) is 12.2 Å². The first-order valence-corrected chi connectivity index (χ1v) is 21.2. The van der Waals surface area contributed by atoms with Crippen LogP contribution in [0.15, 0.2) is 60.7 Å². The Morgan fingerprint density at radius 3 is 2.19 bits per heavy atom. The number of ether oxygens (including phenoxy) is 2.